The summed E-state index contributed by atoms with van der Waals surface area (Å²) in [7, 11) is 1.20. The molecule has 384 valence electrons. The minimum Gasteiger partial charge on any atom is -0.491 e. The Bertz CT molecular complexity index is 2920. The van der Waals surface area contributed by atoms with E-state index in [2.05, 4.69) is 22.5 Å². The highest BCUT2D eigenvalue weighted by molar-refractivity contribution is 6.25. The Morgan fingerprint density at radius 2 is 1.46 bits per heavy atom. The number of aliphatic hydroxyl groups is 3. The Balaban J connectivity index is 1.36. The summed E-state index contributed by atoms with van der Waals surface area (Å²) >= 11 is 0. The molecule has 0 aromatic heterocycles. The number of esters is 2. The molecule has 3 heterocycles. The number of carbonyl (C=O) groups excluding carboxylic acids is 5. The van der Waals surface area contributed by atoms with E-state index in [0.717, 1.165) is 30.6 Å². The summed E-state index contributed by atoms with van der Waals surface area (Å²) in [5, 5.41) is 39.2. The average Bonchev–Trinajstić information content (AvgIpc) is 3.79. The second kappa shape index (κ2) is 22.0. The first-order valence-electron chi connectivity index (χ1n) is 25.4. The molecule has 0 radical (unpaired) electrons. The number of amides is 4. The number of carbonyl (C=O) groups is 5. The highest BCUT2D eigenvalue weighted by Crippen LogP contribution is 2.66. The van der Waals surface area contributed by atoms with E-state index in [-0.39, 0.29) is 36.8 Å². The van der Waals surface area contributed by atoms with E-state index in [1.165, 1.54) is 7.11 Å². The number of ether oxygens (including phenoxy) is 3. The van der Waals surface area contributed by atoms with Crippen LogP contribution in [0.5, 0.6) is 5.75 Å². The van der Waals surface area contributed by atoms with E-state index in [1.807, 2.05) is 65.6 Å². The van der Waals surface area contributed by atoms with Gasteiger partial charge in [-0.2, -0.15) is 0 Å². The van der Waals surface area contributed by atoms with Gasteiger partial charge in [-0.1, -0.05) is 148 Å². The van der Waals surface area contributed by atoms with E-state index in [4.69, 9.17) is 14.2 Å². The lowest BCUT2D eigenvalue weighted by molar-refractivity contribution is -0.178. The number of rotatable bonds is 13. The molecule has 1 spiro atoms. The zero-order chi connectivity index (χ0) is 52.1. The maximum absolute atomic E-state index is 16.8. The second-order valence-electron chi connectivity index (χ2n) is 19.8. The van der Waals surface area contributed by atoms with Gasteiger partial charge in [0.25, 0.3) is 0 Å². The van der Waals surface area contributed by atoms with Crippen molar-refractivity contribution in [2.45, 2.75) is 99.8 Å². The van der Waals surface area contributed by atoms with Gasteiger partial charge in [-0.15, -0.1) is 0 Å². The Kier molecular flexibility index (Phi) is 15.3. The van der Waals surface area contributed by atoms with Gasteiger partial charge < -0.3 is 40.2 Å². The predicted octanol–water partition coefficient (Wildman–Crippen LogP) is 6.92. The average molecular weight is 1000 g/mol. The van der Waals surface area contributed by atoms with Crippen molar-refractivity contribution in [1.29, 1.82) is 0 Å². The Labute approximate surface area is 430 Å². The summed E-state index contributed by atoms with van der Waals surface area (Å²) < 4.78 is 18.0. The standard InChI is InChI=1S/C59H62N4O11/c1-37(2)48(54(67)72-3)61-57(70)62-44-28-27-38(29-32-58(71)30-17-4-5-18-31-58)35-43(44)59(56(62)69)47(53(66)60-36-45(65)39-19-9-6-10-20-39)50-55(68)74-51(41-23-13-8-14-24-41)49(40-21-11-7-12-22-40)63(50)52(59)42-25-15-16-26-46(42)73-34-33-64/h6-16,19-28,35,37,45,47-52,64-65,71H,4-5,17-18,30-31,33-34,36H2,1-3H3,(H,60,66)(H,61,70)/t45-,47+,48-,49+,50+,51-,52-,59+/m0/s1. The lowest BCUT2D eigenvalue weighted by Crippen LogP contribution is -2.58. The molecule has 1 aliphatic carbocycles. The highest BCUT2D eigenvalue weighted by Gasteiger charge is 2.76. The number of anilines is 1. The molecule has 0 bridgehead atoms. The summed E-state index contributed by atoms with van der Waals surface area (Å²) in [6, 6.07) is 32.9. The van der Waals surface area contributed by atoms with Crippen LogP contribution < -0.4 is 20.3 Å². The van der Waals surface area contributed by atoms with Crippen molar-refractivity contribution in [2.75, 3.05) is 31.8 Å². The number of cyclic esters (lactones) is 1. The number of nitrogens with zero attached hydrogens (tertiary/aromatic N) is 2. The maximum atomic E-state index is 16.8. The number of para-hydroxylation sites is 1. The topological polar surface area (TPSA) is 204 Å². The molecule has 5 aromatic rings. The summed E-state index contributed by atoms with van der Waals surface area (Å²) in [6.07, 6.45) is 2.19. The lowest BCUT2D eigenvalue weighted by Gasteiger charge is -2.46. The van der Waals surface area contributed by atoms with Crippen molar-refractivity contribution in [1.82, 2.24) is 15.5 Å². The molecule has 4 aliphatic rings. The van der Waals surface area contributed by atoms with Crippen LogP contribution in [0, 0.1) is 23.7 Å². The molecule has 3 fully saturated rings. The molecule has 74 heavy (non-hydrogen) atoms. The molecular formula is C59H62N4O11. The van der Waals surface area contributed by atoms with Gasteiger partial charge in [-0.05, 0) is 78.1 Å². The summed E-state index contributed by atoms with van der Waals surface area (Å²) in [5.74, 6) is 1.02. The molecule has 5 aromatic carbocycles. The second-order valence-corrected chi connectivity index (χ2v) is 19.8. The number of aliphatic hydroxyl groups excluding tert-OH is 2. The van der Waals surface area contributed by atoms with Gasteiger partial charge in [0.05, 0.1) is 43.5 Å². The number of methoxy groups -OCH3 is 1. The van der Waals surface area contributed by atoms with Crippen LogP contribution in [0.15, 0.2) is 133 Å². The van der Waals surface area contributed by atoms with Gasteiger partial charge in [0.15, 0.2) is 0 Å². The van der Waals surface area contributed by atoms with Crippen LogP contribution in [-0.4, -0.2) is 94.6 Å². The highest BCUT2D eigenvalue weighted by atomic mass is 16.6. The van der Waals surface area contributed by atoms with Crippen molar-refractivity contribution in [3.63, 3.8) is 0 Å². The van der Waals surface area contributed by atoms with Crippen molar-refractivity contribution in [2.24, 2.45) is 11.8 Å². The molecule has 3 aliphatic heterocycles. The van der Waals surface area contributed by atoms with E-state index >= 15 is 19.2 Å². The fourth-order valence-electron chi connectivity index (χ4n) is 11.5. The van der Waals surface area contributed by atoms with E-state index < -0.39 is 89.0 Å². The van der Waals surface area contributed by atoms with Crippen LogP contribution in [0.2, 0.25) is 0 Å². The lowest BCUT2D eigenvalue weighted by atomic mass is 9.65. The van der Waals surface area contributed by atoms with Crippen LogP contribution in [-0.2, 0) is 34.1 Å². The molecule has 1 saturated carbocycles. The third-order valence-corrected chi connectivity index (χ3v) is 14.9. The summed E-state index contributed by atoms with van der Waals surface area (Å²) in [5.41, 5.74) is -0.876. The van der Waals surface area contributed by atoms with Gasteiger partial charge in [-0.25, -0.2) is 14.5 Å². The molecule has 8 atom stereocenters. The first-order valence-corrected chi connectivity index (χ1v) is 25.4. The molecule has 15 nitrogen and oxygen atoms in total. The fourth-order valence-corrected chi connectivity index (χ4v) is 11.5. The number of imide groups is 1. The van der Waals surface area contributed by atoms with Crippen molar-refractivity contribution >= 4 is 35.5 Å². The summed E-state index contributed by atoms with van der Waals surface area (Å²) in [6.45, 7) is 2.56. The van der Waals surface area contributed by atoms with Gasteiger partial charge >= 0.3 is 18.0 Å². The largest absolute Gasteiger partial charge is 0.491 e. The van der Waals surface area contributed by atoms with E-state index in [9.17, 15) is 20.1 Å². The van der Waals surface area contributed by atoms with Crippen molar-refractivity contribution in [3.05, 3.63) is 167 Å². The number of hydrogen-bond donors (Lipinski definition) is 5. The zero-order valence-electron chi connectivity index (χ0n) is 41.7. The first-order chi connectivity index (χ1) is 35.8. The van der Waals surface area contributed by atoms with Gasteiger partial charge in [-0.3, -0.25) is 19.3 Å². The van der Waals surface area contributed by atoms with Gasteiger partial charge in [0, 0.05) is 17.7 Å². The molecule has 9 rings (SSSR count). The predicted molar refractivity (Wildman–Crippen MR) is 274 cm³/mol. The number of hydrogen-bond acceptors (Lipinski definition) is 12. The molecule has 2 saturated heterocycles. The van der Waals surface area contributed by atoms with Crippen LogP contribution in [0.4, 0.5) is 10.5 Å². The molecule has 4 amide bonds. The number of benzene rings is 5. The van der Waals surface area contributed by atoms with E-state index in [1.54, 1.807) is 86.6 Å². The van der Waals surface area contributed by atoms with Gasteiger partial charge in [0.2, 0.25) is 11.8 Å². The monoisotopic (exact) mass is 1000 g/mol. The minimum atomic E-state index is -2.26. The quantitative estimate of drug-likeness (QED) is 0.0464. The van der Waals surface area contributed by atoms with Crippen LogP contribution in [0.1, 0.15) is 110 Å². The number of urea groups is 1. The Hall–Kier alpha value is -7.35. The third kappa shape index (κ3) is 9.66. The third-order valence-electron chi connectivity index (χ3n) is 14.9. The first kappa shape index (κ1) is 51.5. The smallest absolute Gasteiger partial charge is 0.329 e. The van der Waals surface area contributed by atoms with E-state index in [0.29, 0.717) is 40.7 Å². The molecule has 15 heteroatoms. The minimum absolute atomic E-state index is 0.0450. The maximum Gasteiger partial charge on any atom is 0.329 e. The van der Waals surface area contributed by atoms with Crippen LogP contribution in [0.25, 0.3) is 0 Å². The summed E-state index contributed by atoms with van der Waals surface area (Å²) in [4.78, 5) is 79.7. The fraction of sp³-hybridized carbons (Fsp3) is 0.373. The molecule has 0 unspecified atom stereocenters. The SMILES string of the molecule is COC(=O)[C@@H](NC(=O)N1C(=O)[C@@]2(c3cc(C#CC4(O)CCCCCC4)ccc31)[C@H](c1ccccc1OCCO)N1[C@H](c3ccccc3)[C@H](c3ccccc3)OC(=O)[C@H]1[C@@H]2C(=O)NC[C@H](O)c1ccccc1)C(C)C. The van der Waals surface area contributed by atoms with Crippen molar-refractivity contribution in [3.8, 4) is 17.6 Å². The molecular weight excluding hydrogens is 941 g/mol. The zero-order valence-corrected chi connectivity index (χ0v) is 41.7. The van der Waals surface area contributed by atoms with Crippen LogP contribution >= 0.6 is 0 Å². The molecule has 5 N–H and O–H groups in total. The Morgan fingerprint density at radius 1 is 0.824 bits per heavy atom. The van der Waals surface area contributed by atoms with Crippen molar-refractivity contribution < 1.29 is 53.5 Å². The normalized spacial score (nSPS) is 23.8. The van der Waals surface area contributed by atoms with Gasteiger partial charge in [0.1, 0.15) is 41.6 Å². The number of morpholine rings is 1. The van der Waals surface area contributed by atoms with Crippen LogP contribution in [0.3, 0.4) is 0 Å². The number of nitrogens with one attached hydrogen (secondary N) is 2. The number of fused-ring (bicyclic) bond motifs is 3. The Morgan fingerprint density at radius 3 is 2.11 bits per heavy atom.